The average Bonchev–Trinajstić information content (AvgIpc) is 2.55. The van der Waals surface area contributed by atoms with E-state index in [0.717, 1.165) is 32.1 Å². The van der Waals surface area contributed by atoms with Crippen molar-refractivity contribution < 1.29 is 4.79 Å². The van der Waals surface area contributed by atoms with Gasteiger partial charge >= 0.3 is 0 Å². The van der Waals surface area contributed by atoms with Gasteiger partial charge in [-0.2, -0.15) is 0 Å². The molecule has 0 bridgehead atoms. The summed E-state index contributed by atoms with van der Waals surface area (Å²) in [7, 11) is 0. The first-order valence-corrected chi connectivity index (χ1v) is 8.23. The minimum Gasteiger partial charge on any atom is -0.354 e. The van der Waals surface area contributed by atoms with Crippen LogP contribution in [-0.2, 0) is 11.2 Å². The topological polar surface area (TPSA) is 55.1 Å². The Balaban J connectivity index is 0.00000192. The van der Waals surface area contributed by atoms with Gasteiger partial charge in [0.05, 0.1) is 5.54 Å². The molecule has 2 aromatic carbocycles. The van der Waals surface area contributed by atoms with Gasteiger partial charge in [-0.3, -0.25) is 4.79 Å². The molecule has 124 valence electrons. The summed E-state index contributed by atoms with van der Waals surface area (Å²) in [5.74, 6) is 0.0208. The highest BCUT2D eigenvalue weighted by Crippen LogP contribution is 2.26. The fourth-order valence-corrected chi connectivity index (χ4v) is 3.41. The van der Waals surface area contributed by atoms with Gasteiger partial charge in [0.2, 0.25) is 5.91 Å². The molecule has 3 rings (SSSR count). The normalized spacial score (nSPS) is 16.6. The number of nitrogens with two attached hydrogens (primary N) is 1. The van der Waals surface area contributed by atoms with Crippen LogP contribution >= 0.6 is 12.4 Å². The number of nitrogens with one attached hydrogen (secondary N) is 1. The number of halogens is 1. The molecule has 1 amide bonds. The van der Waals surface area contributed by atoms with E-state index in [1.165, 1.54) is 22.8 Å². The molecule has 0 radical (unpaired) electrons. The Kier molecular flexibility index (Phi) is 6.03. The van der Waals surface area contributed by atoms with Gasteiger partial charge in [0.1, 0.15) is 0 Å². The van der Waals surface area contributed by atoms with Gasteiger partial charge in [0.15, 0.2) is 0 Å². The second-order valence-corrected chi connectivity index (χ2v) is 6.36. The first-order valence-electron chi connectivity index (χ1n) is 8.23. The Labute approximate surface area is 144 Å². The predicted molar refractivity (Wildman–Crippen MR) is 97.9 cm³/mol. The number of fused-ring (bicyclic) bond motifs is 1. The largest absolute Gasteiger partial charge is 0.354 e. The highest BCUT2D eigenvalue weighted by Gasteiger charge is 2.34. The smallest absolute Gasteiger partial charge is 0.240 e. The lowest BCUT2D eigenvalue weighted by Crippen LogP contribution is -2.55. The van der Waals surface area contributed by atoms with Crippen molar-refractivity contribution in [2.24, 2.45) is 5.73 Å². The maximum absolute atomic E-state index is 12.3. The van der Waals surface area contributed by atoms with Crippen LogP contribution in [0.4, 0.5) is 0 Å². The molecule has 23 heavy (non-hydrogen) atoms. The van der Waals surface area contributed by atoms with Gasteiger partial charge < -0.3 is 11.1 Å². The molecule has 0 unspecified atom stereocenters. The van der Waals surface area contributed by atoms with Crippen LogP contribution in [-0.4, -0.2) is 18.0 Å². The van der Waals surface area contributed by atoms with Crippen molar-refractivity contribution in [3.05, 3.63) is 48.0 Å². The van der Waals surface area contributed by atoms with Gasteiger partial charge in [-0.1, -0.05) is 61.7 Å². The zero-order chi connectivity index (χ0) is 15.4. The quantitative estimate of drug-likeness (QED) is 0.899. The highest BCUT2D eigenvalue weighted by molar-refractivity contribution is 5.87. The van der Waals surface area contributed by atoms with Crippen molar-refractivity contribution in [3.8, 4) is 0 Å². The number of carbonyl (C=O) groups excluding carboxylic acids is 1. The van der Waals surface area contributed by atoms with Crippen LogP contribution in [0.1, 0.15) is 37.7 Å². The lowest BCUT2D eigenvalue weighted by molar-refractivity contribution is -0.127. The van der Waals surface area contributed by atoms with Crippen LogP contribution in [0.2, 0.25) is 0 Å². The monoisotopic (exact) mass is 332 g/mol. The summed E-state index contributed by atoms with van der Waals surface area (Å²) in [6.45, 7) is 0.645. The van der Waals surface area contributed by atoms with Crippen molar-refractivity contribution in [1.82, 2.24) is 5.32 Å². The van der Waals surface area contributed by atoms with Crippen LogP contribution < -0.4 is 11.1 Å². The number of rotatable bonds is 4. The molecule has 0 saturated heterocycles. The van der Waals surface area contributed by atoms with Gasteiger partial charge in [0, 0.05) is 6.54 Å². The second kappa shape index (κ2) is 7.80. The Hall–Kier alpha value is -1.58. The molecule has 1 saturated carbocycles. The van der Waals surface area contributed by atoms with E-state index in [-0.39, 0.29) is 18.3 Å². The Morgan fingerprint density at radius 1 is 1.04 bits per heavy atom. The van der Waals surface area contributed by atoms with Crippen molar-refractivity contribution in [2.75, 3.05) is 6.54 Å². The van der Waals surface area contributed by atoms with Crippen molar-refractivity contribution in [3.63, 3.8) is 0 Å². The van der Waals surface area contributed by atoms with Crippen molar-refractivity contribution >= 4 is 29.1 Å². The van der Waals surface area contributed by atoms with E-state index in [9.17, 15) is 4.79 Å². The van der Waals surface area contributed by atoms with Crippen molar-refractivity contribution in [1.29, 1.82) is 0 Å². The summed E-state index contributed by atoms with van der Waals surface area (Å²) in [5.41, 5.74) is 6.89. The number of benzene rings is 2. The van der Waals surface area contributed by atoms with E-state index < -0.39 is 5.54 Å². The number of hydrogen-bond donors (Lipinski definition) is 2. The van der Waals surface area contributed by atoms with E-state index in [1.54, 1.807) is 0 Å². The van der Waals surface area contributed by atoms with Gasteiger partial charge in [-0.15, -0.1) is 12.4 Å². The fourth-order valence-electron chi connectivity index (χ4n) is 3.41. The maximum atomic E-state index is 12.3. The molecule has 0 heterocycles. The minimum absolute atomic E-state index is 0. The number of hydrogen-bond acceptors (Lipinski definition) is 2. The minimum atomic E-state index is -0.642. The van der Waals surface area contributed by atoms with E-state index in [1.807, 2.05) is 0 Å². The first-order chi connectivity index (χ1) is 10.7. The molecule has 4 heteroatoms. The van der Waals surface area contributed by atoms with Crippen molar-refractivity contribution in [2.45, 2.75) is 44.1 Å². The Bertz CT molecular complexity index is 660. The molecular formula is C19H25ClN2O. The third-order valence-corrected chi connectivity index (χ3v) is 4.76. The summed E-state index contributed by atoms with van der Waals surface area (Å²) >= 11 is 0. The molecule has 1 aliphatic rings. The molecule has 2 aromatic rings. The molecular weight excluding hydrogens is 308 g/mol. The lowest BCUT2D eigenvalue weighted by atomic mass is 9.82. The summed E-state index contributed by atoms with van der Waals surface area (Å²) in [5, 5.41) is 5.55. The van der Waals surface area contributed by atoms with Gasteiger partial charge in [-0.25, -0.2) is 0 Å². The van der Waals surface area contributed by atoms with Gasteiger partial charge in [0.25, 0.3) is 0 Å². The number of amides is 1. The second-order valence-electron chi connectivity index (χ2n) is 6.36. The SMILES string of the molecule is Cl.NC1(C(=O)NCCc2cccc3ccccc23)CCCCC1. The summed E-state index contributed by atoms with van der Waals surface area (Å²) in [6, 6.07) is 14.7. The van der Waals surface area contributed by atoms with Crippen LogP contribution in [0.3, 0.4) is 0 Å². The molecule has 0 spiro atoms. The fraction of sp³-hybridized carbons (Fsp3) is 0.421. The zero-order valence-corrected chi connectivity index (χ0v) is 14.2. The molecule has 0 aliphatic heterocycles. The van der Waals surface area contributed by atoms with Crippen LogP contribution in [0.25, 0.3) is 10.8 Å². The third-order valence-electron chi connectivity index (χ3n) is 4.76. The van der Waals surface area contributed by atoms with E-state index in [2.05, 4.69) is 47.8 Å². The van der Waals surface area contributed by atoms with Crippen LogP contribution in [0.5, 0.6) is 0 Å². The molecule has 3 N–H and O–H groups in total. The van der Waals surface area contributed by atoms with Crippen LogP contribution in [0.15, 0.2) is 42.5 Å². The van der Waals surface area contributed by atoms with E-state index >= 15 is 0 Å². The molecule has 0 aromatic heterocycles. The van der Waals surface area contributed by atoms with Crippen LogP contribution in [0, 0.1) is 0 Å². The summed E-state index contributed by atoms with van der Waals surface area (Å²) in [6.07, 6.45) is 5.78. The lowest BCUT2D eigenvalue weighted by Gasteiger charge is -2.31. The van der Waals surface area contributed by atoms with E-state index in [0.29, 0.717) is 6.54 Å². The standard InChI is InChI=1S/C19H24N2O.ClH/c20-19(12-4-1-5-13-19)18(22)21-14-11-16-9-6-8-15-7-2-3-10-17(15)16;/h2-3,6-10H,1,4-5,11-14,20H2,(H,21,22);1H. The van der Waals surface area contributed by atoms with Gasteiger partial charge in [-0.05, 0) is 35.6 Å². The first kappa shape index (κ1) is 17.8. The maximum Gasteiger partial charge on any atom is 0.240 e. The number of carbonyl (C=O) groups is 1. The molecule has 1 aliphatic carbocycles. The molecule has 3 nitrogen and oxygen atoms in total. The summed E-state index contributed by atoms with van der Waals surface area (Å²) in [4.78, 5) is 12.3. The molecule has 1 fully saturated rings. The average molecular weight is 333 g/mol. The molecule has 0 atom stereocenters. The Morgan fingerprint density at radius 3 is 2.52 bits per heavy atom. The predicted octanol–water partition coefficient (Wildman–Crippen LogP) is 3.58. The Morgan fingerprint density at radius 2 is 1.74 bits per heavy atom. The highest BCUT2D eigenvalue weighted by atomic mass is 35.5. The summed E-state index contributed by atoms with van der Waals surface area (Å²) < 4.78 is 0. The third kappa shape index (κ3) is 4.04. The van der Waals surface area contributed by atoms with E-state index in [4.69, 9.17) is 5.73 Å². The zero-order valence-electron chi connectivity index (χ0n) is 13.4.